The smallest absolute Gasteiger partial charge is 0.410 e. The second-order valence-corrected chi connectivity index (χ2v) is 30.9. The van der Waals surface area contributed by atoms with Gasteiger partial charge in [0.15, 0.2) is 10.8 Å². The van der Waals surface area contributed by atoms with E-state index in [1.807, 2.05) is 89.3 Å². The van der Waals surface area contributed by atoms with Gasteiger partial charge in [0, 0.05) is 80.2 Å². The summed E-state index contributed by atoms with van der Waals surface area (Å²) < 4.78 is 52.8. The fraction of sp³-hybridized carbons (Fsp3) is 0.493. The maximum Gasteiger partial charge on any atom is 0.410 e. The van der Waals surface area contributed by atoms with E-state index in [1.54, 1.807) is 12.3 Å². The van der Waals surface area contributed by atoms with Crippen LogP contribution in [-0.2, 0) is 76.0 Å². The van der Waals surface area contributed by atoms with E-state index in [-0.39, 0.29) is 86.7 Å². The van der Waals surface area contributed by atoms with E-state index in [4.69, 9.17) is 28.8 Å². The number of aromatic nitrogens is 4. The molecule has 3 aromatic carbocycles. The fourth-order valence-corrected chi connectivity index (χ4v) is 18.1. The number of fused-ring (bicyclic) bond motifs is 2. The van der Waals surface area contributed by atoms with Crippen molar-refractivity contribution in [3.63, 3.8) is 0 Å². The van der Waals surface area contributed by atoms with E-state index in [1.165, 1.54) is 21.1 Å². The summed E-state index contributed by atoms with van der Waals surface area (Å²) in [4.78, 5) is 107. The second-order valence-electron chi connectivity index (χ2n) is 28.3. The van der Waals surface area contributed by atoms with Crippen LogP contribution in [0.1, 0.15) is 127 Å². The van der Waals surface area contributed by atoms with Crippen LogP contribution in [0.5, 0.6) is 0 Å². The highest BCUT2D eigenvalue weighted by atomic mass is 32.2. The first-order valence-electron chi connectivity index (χ1n) is 33.7. The molecule has 0 radical (unpaired) electrons. The summed E-state index contributed by atoms with van der Waals surface area (Å²) in [5.74, 6) is -4.03. The molecule has 0 spiro atoms. The van der Waals surface area contributed by atoms with E-state index in [0.717, 1.165) is 93.7 Å². The number of aromatic carboxylic acids is 1. The van der Waals surface area contributed by atoms with Gasteiger partial charge in [0.1, 0.15) is 18.5 Å². The van der Waals surface area contributed by atoms with Gasteiger partial charge in [-0.3, -0.25) is 43.4 Å². The Balaban J connectivity index is 0.631. The second kappa shape index (κ2) is 29.0. The van der Waals surface area contributed by atoms with Crippen LogP contribution in [0.25, 0.3) is 21.3 Å². The van der Waals surface area contributed by atoms with Gasteiger partial charge in [-0.25, -0.2) is 19.6 Å². The number of carboxylic acids is 1. The van der Waals surface area contributed by atoms with Crippen LogP contribution in [-0.4, -0.2) is 193 Å². The van der Waals surface area contributed by atoms with E-state index < -0.39 is 82.0 Å². The van der Waals surface area contributed by atoms with Gasteiger partial charge < -0.3 is 49.5 Å². The van der Waals surface area contributed by atoms with Gasteiger partial charge in [-0.05, 0) is 146 Å². The zero-order valence-electron chi connectivity index (χ0n) is 55.7. The zero-order valence-corrected chi connectivity index (χ0v) is 57.4. The Hall–Kier alpha value is -8.51. The maximum atomic E-state index is 13.9. The third-order valence-corrected chi connectivity index (χ3v) is 21.9. The Labute approximate surface area is 577 Å². The molecule has 6 aromatic rings. The molecule has 4 aliphatic carbocycles. The van der Waals surface area contributed by atoms with E-state index >= 15 is 0 Å². The van der Waals surface area contributed by atoms with Crippen LogP contribution in [0.4, 0.5) is 15.7 Å². The van der Waals surface area contributed by atoms with Crippen molar-refractivity contribution in [2.45, 2.75) is 141 Å². The van der Waals surface area contributed by atoms with Crippen molar-refractivity contribution in [2.24, 2.45) is 16.2 Å². The molecule has 6 heterocycles. The van der Waals surface area contributed by atoms with Crippen LogP contribution in [0.2, 0.25) is 0 Å². The molecule has 5 fully saturated rings. The molecule has 99 heavy (non-hydrogen) atoms. The number of carbonyl (C=O) groups excluding carboxylic acids is 6. The van der Waals surface area contributed by atoms with Crippen LogP contribution in [0.15, 0.2) is 97.2 Å². The Bertz CT molecular complexity index is 4160. The third kappa shape index (κ3) is 16.1. The number of unbranched alkanes of at least 4 members (excludes halogenated alkanes) is 1. The molecule has 3 aliphatic heterocycles. The topological polar surface area (TPSA) is 343 Å². The van der Waals surface area contributed by atoms with Gasteiger partial charge in [0.2, 0.25) is 11.8 Å². The number of amides is 6. The highest BCUT2D eigenvalue weighted by molar-refractivity contribution is 7.85. The van der Waals surface area contributed by atoms with Gasteiger partial charge in [0.25, 0.3) is 27.8 Å². The lowest BCUT2D eigenvalue weighted by Gasteiger charge is -2.69. The molecular formula is C71H84N10O16S2. The average Bonchev–Trinajstić information content (AvgIpc) is 1.16. The van der Waals surface area contributed by atoms with Gasteiger partial charge in [-0.2, -0.15) is 13.5 Å². The number of hydrogen-bond donors (Lipinski definition) is 6. The van der Waals surface area contributed by atoms with Crippen molar-refractivity contribution in [1.29, 1.82) is 0 Å². The zero-order chi connectivity index (χ0) is 70.0. The highest BCUT2D eigenvalue weighted by Gasteiger charge is 2.66. The molecule has 3 aromatic heterocycles. The number of benzene rings is 3. The Morgan fingerprint density at radius 3 is 2.33 bits per heavy atom. The summed E-state index contributed by atoms with van der Waals surface area (Å²) in [5.41, 5.74) is 6.08. The van der Waals surface area contributed by atoms with Crippen LogP contribution < -0.4 is 15.5 Å². The van der Waals surface area contributed by atoms with Crippen LogP contribution in [0, 0.1) is 23.2 Å². The van der Waals surface area contributed by atoms with Crippen molar-refractivity contribution < 1.29 is 76.1 Å². The number of aliphatic hydroxyl groups excluding tert-OH is 2. The largest absolute Gasteiger partial charge is 0.476 e. The number of hydrogen-bond acceptors (Lipinski definition) is 19. The standard InChI is InChI=1S/C71H84N10O16S2/c1-45-53(51-18-19-58(75-62(51)65(89)90)78-25-22-48-10-8-11-52(54(48)33-78)63(87)76-66-74-55-12-4-5-13-57(55)98-66)32-73-80(45)44-70-39-68(2)38-69(3,40-70)42-71(41-68,43-70)97-28-27-77(26-23-50(83)35-82)67(91)96-36-47-16-14-46(15-17-47)9-6-7-24-72-59(84)34-79-49(37-95-29-30-99(92,93)94)31-56(64(79)88)81-60(85)20-21-61(81)86/h4-5,8,10-21,32,49-50,56,82-83H,6-7,9,22-31,33-44H2,1-3H3,(H,72,84)(H,89,90)(H,74,76,87)(H,92,93,94)/t49-,50-,56-,68?,69?,70?,71?/m0/s1. The van der Waals surface area contributed by atoms with Crippen LogP contribution in [0.3, 0.4) is 0 Å². The number of nitrogens with one attached hydrogen (secondary N) is 2. The summed E-state index contributed by atoms with van der Waals surface area (Å²) in [5, 5.41) is 42.1. The fourth-order valence-electron chi connectivity index (χ4n) is 17.0. The van der Waals surface area contributed by atoms with Crippen molar-refractivity contribution in [2.75, 3.05) is 75.1 Å². The minimum absolute atomic E-state index is 0.0211. The number of carbonyl (C=O) groups is 7. The molecule has 1 saturated heterocycles. The first-order chi connectivity index (χ1) is 47.3. The normalized spacial score (nSPS) is 23.5. The van der Waals surface area contributed by atoms with E-state index in [0.29, 0.717) is 79.5 Å². The number of imide groups is 1. The number of pyridine rings is 1. The minimum Gasteiger partial charge on any atom is -0.476 e. The van der Waals surface area contributed by atoms with Gasteiger partial charge in [0.05, 0.1) is 72.9 Å². The van der Waals surface area contributed by atoms with Crippen molar-refractivity contribution in [3.8, 4) is 11.1 Å². The average molecular weight is 1400 g/mol. The summed E-state index contributed by atoms with van der Waals surface area (Å²) in [7, 11) is -4.30. The summed E-state index contributed by atoms with van der Waals surface area (Å²) in [6.45, 7) is 7.58. The Morgan fingerprint density at radius 1 is 0.859 bits per heavy atom. The van der Waals surface area contributed by atoms with Crippen molar-refractivity contribution >= 4 is 84.2 Å². The number of nitrogens with zero attached hydrogens (tertiary/aromatic N) is 8. The molecule has 26 nitrogen and oxygen atoms in total. The number of para-hydroxylation sites is 1. The highest BCUT2D eigenvalue weighted by Crippen LogP contribution is 2.72. The molecule has 28 heteroatoms. The number of carboxylic acid groups (broad SMARTS) is 1. The number of likely N-dealkylation sites (tertiary alicyclic amines) is 1. The van der Waals surface area contributed by atoms with Crippen molar-refractivity contribution in [3.05, 3.63) is 136 Å². The first kappa shape index (κ1) is 70.4. The quantitative estimate of drug-likeness (QED) is 0.0148. The predicted octanol–water partition coefficient (Wildman–Crippen LogP) is 7.13. The lowest BCUT2D eigenvalue weighted by molar-refractivity contribution is -0.248. The number of aryl methyl sites for hydroxylation is 1. The Morgan fingerprint density at radius 2 is 1.61 bits per heavy atom. The number of thiazole rings is 1. The summed E-state index contributed by atoms with van der Waals surface area (Å²) in [6, 6.07) is 22.8. The first-order valence-corrected chi connectivity index (χ1v) is 36.1. The number of anilines is 2. The van der Waals surface area contributed by atoms with Crippen molar-refractivity contribution in [1.82, 2.24) is 39.8 Å². The molecule has 4 bridgehead atoms. The SMILES string of the molecule is Cc1c(-c2ccc(N3CCc4cccc(C(=O)Nc5nc6ccccc6s5)c4C3)nc2C(=O)O)cnn1CC12CC3(C)CC(C)(C1)CC(OCCN(CC[C@H](O)CO)C(=O)OCc1ccc(CCCCNC(=O)CN4C(=O)[C@@H](N5C(=O)C=CC5=O)C[C@H]4COCCS(=O)(=O)O)cc1)(C3)C2. The molecule has 2 unspecified atom stereocenters. The number of rotatable bonds is 30. The van der Waals surface area contributed by atoms with Gasteiger partial charge in [-0.1, -0.05) is 73.7 Å². The molecule has 4 saturated carbocycles. The molecular weight excluding hydrogens is 1310 g/mol. The molecule has 13 rings (SSSR count). The molecule has 526 valence electrons. The number of ether oxygens (including phenoxy) is 3. The predicted molar refractivity (Wildman–Crippen MR) is 365 cm³/mol. The van der Waals surface area contributed by atoms with Gasteiger partial charge in [-0.15, -0.1) is 0 Å². The molecule has 7 aliphatic rings. The molecule has 5 atom stereocenters. The van der Waals surface area contributed by atoms with Crippen LogP contribution >= 0.6 is 11.3 Å². The van der Waals surface area contributed by atoms with E-state index in [9.17, 15) is 57.3 Å². The summed E-state index contributed by atoms with van der Waals surface area (Å²) >= 11 is 1.41. The maximum absolute atomic E-state index is 13.9. The summed E-state index contributed by atoms with van der Waals surface area (Å²) in [6.07, 6.45) is 10.4. The lowest BCUT2D eigenvalue weighted by Crippen LogP contribution is -2.64. The van der Waals surface area contributed by atoms with E-state index in [2.05, 4.69) is 29.5 Å². The molecule has 6 N–H and O–H groups in total. The minimum atomic E-state index is -4.30. The lowest BCUT2D eigenvalue weighted by atomic mass is 9.39. The van der Waals surface area contributed by atoms with Gasteiger partial charge >= 0.3 is 12.1 Å². The Kier molecular flexibility index (Phi) is 20.6. The number of aliphatic hydroxyl groups is 2. The molecule has 6 amide bonds. The third-order valence-electron chi connectivity index (χ3n) is 20.3. The monoisotopic (exact) mass is 1400 g/mol.